The number of aromatic nitrogens is 1. The highest BCUT2D eigenvalue weighted by molar-refractivity contribution is 6.28. The molecule has 55 heavy (non-hydrogen) atoms. The summed E-state index contributed by atoms with van der Waals surface area (Å²) < 4.78 is 2.46. The maximum Gasteiger partial charge on any atom is 0.104 e. The van der Waals surface area contributed by atoms with Crippen molar-refractivity contribution in [2.45, 2.75) is 12.2 Å². The summed E-state index contributed by atoms with van der Waals surface area (Å²) >= 11 is 0. The number of hydrogen-bond donors (Lipinski definition) is 2. The van der Waals surface area contributed by atoms with Crippen molar-refractivity contribution in [2.75, 3.05) is 5.32 Å². The Labute approximate surface area is 320 Å². The molecule has 3 heteroatoms. The molecule has 11 rings (SSSR count). The van der Waals surface area contributed by atoms with E-state index >= 15 is 0 Å². The molecule has 0 bridgehead atoms. The number of anilines is 1. The van der Waals surface area contributed by atoms with Crippen molar-refractivity contribution in [2.24, 2.45) is 0 Å². The summed E-state index contributed by atoms with van der Waals surface area (Å²) in [5.74, 6) is 0. The monoisotopic (exact) mass is 703 g/mol. The van der Waals surface area contributed by atoms with E-state index in [0.717, 1.165) is 11.4 Å². The Morgan fingerprint density at radius 2 is 0.964 bits per heavy atom. The summed E-state index contributed by atoms with van der Waals surface area (Å²) in [5, 5.41) is 15.6. The average Bonchev–Trinajstić information content (AvgIpc) is 3.62. The van der Waals surface area contributed by atoms with E-state index in [-0.39, 0.29) is 12.2 Å². The van der Waals surface area contributed by atoms with Gasteiger partial charge in [-0.2, -0.15) is 0 Å². The molecule has 0 fully saturated rings. The Bertz CT molecular complexity index is 2900. The molecular weight excluding hydrogens is 667 g/mol. The lowest BCUT2D eigenvalue weighted by atomic mass is 9.88. The normalized spacial score (nSPS) is 15.3. The van der Waals surface area contributed by atoms with Crippen LogP contribution in [0.4, 0.5) is 5.69 Å². The molecule has 1 aliphatic heterocycles. The molecule has 9 aromatic carbocycles. The molecule has 0 saturated carbocycles. The van der Waals surface area contributed by atoms with E-state index in [1.165, 1.54) is 82.3 Å². The second-order valence-electron chi connectivity index (χ2n) is 14.6. The average molecular weight is 704 g/mol. The Hall–Kier alpha value is -6.94. The third-order valence-corrected chi connectivity index (χ3v) is 11.4. The minimum Gasteiger partial charge on any atom is -0.366 e. The zero-order valence-electron chi connectivity index (χ0n) is 30.2. The lowest BCUT2D eigenvalue weighted by molar-refractivity contribution is 0.506. The lowest BCUT2D eigenvalue weighted by Crippen LogP contribution is -2.37. The minimum atomic E-state index is -0.129. The molecule has 0 spiro atoms. The highest BCUT2D eigenvalue weighted by Gasteiger charge is 2.29. The topological polar surface area (TPSA) is 29.0 Å². The Kier molecular flexibility index (Phi) is 7.39. The summed E-state index contributed by atoms with van der Waals surface area (Å²) in [6.45, 7) is 0. The highest BCUT2D eigenvalue weighted by Crippen LogP contribution is 2.43. The van der Waals surface area contributed by atoms with E-state index in [0.29, 0.717) is 0 Å². The Morgan fingerprint density at radius 3 is 1.60 bits per heavy atom. The smallest absolute Gasteiger partial charge is 0.104 e. The minimum absolute atomic E-state index is 0.0387. The maximum absolute atomic E-state index is 4.07. The second-order valence-corrected chi connectivity index (χ2v) is 14.6. The van der Waals surface area contributed by atoms with Crippen LogP contribution in [0, 0.1) is 0 Å². The van der Waals surface area contributed by atoms with Gasteiger partial charge in [0.25, 0.3) is 0 Å². The largest absolute Gasteiger partial charge is 0.366 e. The molecule has 0 saturated heterocycles. The lowest BCUT2D eigenvalue weighted by Gasteiger charge is -2.36. The van der Waals surface area contributed by atoms with Crippen LogP contribution in [0.2, 0.25) is 0 Å². The fourth-order valence-electron chi connectivity index (χ4n) is 8.87. The first kappa shape index (κ1) is 31.6. The molecule has 0 radical (unpaired) electrons. The first-order chi connectivity index (χ1) is 27.3. The number of para-hydroxylation sites is 1. The van der Waals surface area contributed by atoms with Crippen LogP contribution < -0.4 is 10.6 Å². The predicted molar refractivity (Wildman–Crippen MR) is 231 cm³/mol. The van der Waals surface area contributed by atoms with Crippen molar-refractivity contribution in [1.29, 1.82) is 0 Å². The highest BCUT2D eigenvalue weighted by atomic mass is 15.2. The number of rotatable bonds is 5. The predicted octanol–water partition coefficient (Wildman–Crippen LogP) is 13.2. The van der Waals surface area contributed by atoms with Gasteiger partial charge in [0, 0.05) is 22.1 Å². The van der Waals surface area contributed by atoms with Crippen LogP contribution >= 0.6 is 0 Å². The fraction of sp³-hybridized carbons (Fsp3) is 0.0385. The van der Waals surface area contributed by atoms with Crippen LogP contribution in [0.15, 0.2) is 200 Å². The van der Waals surface area contributed by atoms with Gasteiger partial charge in [0.15, 0.2) is 0 Å². The SMILES string of the molecule is c1ccc(-c2cc(-c3ccccc3)cc(C3NC(c4cccc(-n5c6ccc7ccccc7c6c6c7ccccc7ccc65)c4)Nc4ccccc43)c2)cc1. The zero-order valence-corrected chi connectivity index (χ0v) is 30.2. The van der Waals surface area contributed by atoms with Gasteiger partial charge in [-0.1, -0.05) is 152 Å². The van der Waals surface area contributed by atoms with Crippen molar-refractivity contribution >= 4 is 49.0 Å². The molecule has 260 valence electrons. The molecule has 1 aromatic heterocycles. The molecule has 0 amide bonds. The maximum atomic E-state index is 4.07. The van der Waals surface area contributed by atoms with Crippen LogP contribution in [0.3, 0.4) is 0 Å². The standard InChI is InChI=1S/C52H37N3/c1-3-14-34(15-4-1)39-30-40(35-16-5-2-6-17-35)32-41(31-39)51-45-24-11-12-25-46(45)53-52(54-51)38-20-13-21-42(33-38)55-47-28-26-36-18-7-9-22-43(36)49(47)50-44-23-10-8-19-37(44)27-29-48(50)55/h1-33,51-54H. The Balaban J connectivity index is 1.07. The summed E-state index contributed by atoms with van der Waals surface area (Å²) in [4.78, 5) is 0. The van der Waals surface area contributed by atoms with Gasteiger partial charge >= 0.3 is 0 Å². The summed E-state index contributed by atoms with van der Waals surface area (Å²) in [5.41, 5.74) is 13.2. The van der Waals surface area contributed by atoms with Crippen molar-refractivity contribution in [3.8, 4) is 27.9 Å². The number of hydrogen-bond acceptors (Lipinski definition) is 2. The summed E-state index contributed by atoms with van der Waals surface area (Å²) in [6.07, 6.45) is -0.129. The number of fused-ring (bicyclic) bond motifs is 8. The van der Waals surface area contributed by atoms with Gasteiger partial charge in [-0.3, -0.25) is 5.32 Å². The summed E-state index contributed by atoms with van der Waals surface area (Å²) in [7, 11) is 0. The van der Waals surface area contributed by atoms with Crippen molar-refractivity contribution in [3.05, 3.63) is 217 Å². The van der Waals surface area contributed by atoms with Gasteiger partial charge < -0.3 is 9.88 Å². The van der Waals surface area contributed by atoms with E-state index in [9.17, 15) is 0 Å². The van der Waals surface area contributed by atoms with Crippen LogP contribution in [0.5, 0.6) is 0 Å². The zero-order chi connectivity index (χ0) is 36.3. The van der Waals surface area contributed by atoms with E-state index in [1.807, 2.05) is 0 Å². The molecule has 0 aliphatic carbocycles. The molecule has 3 nitrogen and oxygen atoms in total. The third kappa shape index (κ3) is 5.32. The van der Waals surface area contributed by atoms with Crippen molar-refractivity contribution < 1.29 is 0 Å². The second kappa shape index (κ2) is 12.9. The van der Waals surface area contributed by atoms with Crippen LogP contribution in [-0.4, -0.2) is 4.57 Å². The number of nitrogens with one attached hydrogen (secondary N) is 2. The molecule has 2 heterocycles. The fourth-order valence-corrected chi connectivity index (χ4v) is 8.87. The van der Waals surface area contributed by atoms with Crippen LogP contribution in [0.1, 0.15) is 28.9 Å². The third-order valence-electron chi connectivity index (χ3n) is 11.4. The van der Waals surface area contributed by atoms with E-state index < -0.39 is 0 Å². The summed E-state index contributed by atoms with van der Waals surface area (Å²) in [6, 6.07) is 72.9. The van der Waals surface area contributed by atoms with E-state index in [4.69, 9.17) is 0 Å². The van der Waals surface area contributed by atoms with Gasteiger partial charge in [0.1, 0.15) is 6.17 Å². The van der Waals surface area contributed by atoms with E-state index in [2.05, 4.69) is 215 Å². The van der Waals surface area contributed by atoms with Gasteiger partial charge in [0.05, 0.1) is 17.1 Å². The first-order valence-electron chi connectivity index (χ1n) is 19.1. The van der Waals surface area contributed by atoms with Crippen LogP contribution in [0.25, 0.3) is 71.3 Å². The molecule has 1 aliphatic rings. The molecule has 2 atom stereocenters. The van der Waals surface area contributed by atoms with Crippen molar-refractivity contribution in [1.82, 2.24) is 9.88 Å². The van der Waals surface area contributed by atoms with E-state index in [1.54, 1.807) is 0 Å². The quantitative estimate of drug-likeness (QED) is 0.187. The van der Waals surface area contributed by atoms with Gasteiger partial charge in [-0.05, 0) is 109 Å². The molecule has 2 unspecified atom stereocenters. The number of benzene rings is 9. The van der Waals surface area contributed by atoms with Crippen LogP contribution in [-0.2, 0) is 0 Å². The van der Waals surface area contributed by atoms with Gasteiger partial charge in [0.2, 0.25) is 0 Å². The first-order valence-corrected chi connectivity index (χ1v) is 19.1. The van der Waals surface area contributed by atoms with Gasteiger partial charge in [-0.25, -0.2) is 0 Å². The molecule has 10 aromatic rings. The Morgan fingerprint density at radius 1 is 0.400 bits per heavy atom. The van der Waals surface area contributed by atoms with Crippen molar-refractivity contribution in [3.63, 3.8) is 0 Å². The van der Waals surface area contributed by atoms with Gasteiger partial charge in [-0.15, -0.1) is 0 Å². The number of nitrogens with zero attached hydrogens (tertiary/aromatic N) is 1. The molecular formula is C52H37N3. The molecule has 2 N–H and O–H groups in total.